The van der Waals surface area contributed by atoms with Crippen LogP contribution in [0.5, 0.6) is 0 Å². The Bertz CT molecular complexity index is 536. The van der Waals surface area contributed by atoms with Crippen molar-refractivity contribution < 1.29 is 14.3 Å². The number of hydrogen-bond acceptors (Lipinski definition) is 4. The van der Waals surface area contributed by atoms with Gasteiger partial charge in [-0.05, 0) is 43.2 Å². The van der Waals surface area contributed by atoms with Gasteiger partial charge in [-0.25, -0.2) is 0 Å². The van der Waals surface area contributed by atoms with Crippen molar-refractivity contribution in [1.82, 2.24) is 9.80 Å². The second-order valence-corrected chi connectivity index (χ2v) is 7.28. The Kier molecular flexibility index (Phi) is 5.07. The predicted molar refractivity (Wildman–Crippen MR) is 88.1 cm³/mol. The van der Waals surface area contributed by atoms with Crippen LogP contribution in [0.15, 0.2) is 16.5 Å². The second-order valence-electron chi connectivity index (χ2n) is 7.28. The lowest BCUT2D eigenvalue weighted by atomic mass is 10.0. The Hall–Kier alpha value is -1.33. The van der Waals surface area contributed by atoms with Gasteiger partial charge in [0.2, 0.25) is 0 Å². The minimum Gasteiger partial charge on any atom is -0.453 e. The molecule has 5 nitrogen and oxygen atoms in total. The first-order valence-electron chi connectivity index (χ1n) is 8.81. The molecule has 1 N–H and O–H groups in total. The van der Waals surface area contributed by atoms with Crippen molar-refractivity contribution in [2.45, 2.75) is 45.8 Å². The van der Waals surface area contributed by atoms with E-state index in [2.05, 4.69) is 18.7 Å². The molecule has 3 rings (SSSR count). The maximum Gasteiger partial charge on any atom is 0.289 e. The molecule has 5 heteroatoms. The number of rotatable bonds is 5. The highest BCUT2D eigenvalue weighted by atomic mass is 16.4. The van der Waals surface area contributed by atoms with Crippen molar-refractivity contribution in [2.24, 2.45) is 11.8 Å². The molecule has 2 fully saturated rings. The summed E-state index contributed by atoms with van der Waals surface area (Å²) in [5, 5.41) is 9.10. The Morgan fingerprint density at radius 2 is 2.13 bits per heavy atom. The SMILES string of the molecule is CC(C)C1CN(C(=O)c2ccc(CO)o2)CCCN1CC1CC1. The zero-order valence-electron chi connectivity index (χ0n) is 14.2. The Morgan fingerprint density at radius 3 is 2.74 bits per heavy atom. The third-order valence-electron chi connectivity index (χ3n) is 5.02. The van der Waals surface area contributed by atoms with Crippen LogP contribution in [0.2, 0.25) is 0 Å². The molecule has 128 valence electrons. The molecule has 0 radical (unpaired) electrons. The van der Waals surface area contributed by atoms with Crippen LogP contribution in [0.4, 0.5) is 0 Å². The van der Waals surface area contributed by atoms with Crippen LogP contribution >= 0.6 is 0 Å². The molecule has 2 aliphatic rings. The minimum absolute atomic E-state index is 0.0522. The fraction of sp³-hybridized carbons (Fsp3) is 0.722. The van der Waals surface area contributed by atoms with E-state index in [9.17, 15) is 4.79 Å². The van der Waals surface area contributed by atoms with Crippen molar-refractivity contribution in [3.8, 4) is 0 Å². The van der Waals surface area contributed by atoms with Crippen LogP contribution in [0, 0.1) is 11.8 Å². The van der Waals surface area contributed by atoms with E-state index < -0.39 is 0 Å². The Balaban J connectivity index is 1.70. The van der Waals surface area contributed by atoms with Crippen LogP contribution < -0.4 is 0 Å². The van der Waals surface area contributed by atoms with E-state index in [4.69, 9.17) is 9.52 Å². The van der Waals surface area contributed by atoms with Gasteiger partial charge >= 0.3 is 0 Å². The smallest absolute Gasteiger partial charge is 0.289 e. The first kappa shape index (κ1) is 16.5. The van der Waals surface area contributed by atoms with E-state index in [0.29, 0.717) is 23.5 Å². The maximum absolute atomic E-state index is 12.7. The third kappa shape index (κ3) is 3.96. The van der Waals surface area contributed by atoms with E-state index in [1.807, 2.05) is 4.90 Å². The first-order valence-corrected chi connectivity index (χ1v) is 8.81. The highest BCUT2D eigenvalue weighted by molar-refractivity contribution is 5.91. The number of carbonyl (C=O) groups excluding carboxylic acids is 1. The highest BCUT2D eigenvalue weighted by Crippen LogP contribution is 2.32. The number of aliphatic hydroxyl groups is 1. The molecule has 1 aliphatic heterocycles. The zero-order valence-corrected chi connectivity index (χ0v) is 14.2. The van der Waals surface area contributed by atoms with Crippen LogP contribution in [-0.4, -0.2) is 53.0 Å². The van der Waals surface area contributed by atoms with Crippen LogP contribution in [0.25, 0.3) is 0 Å². The lowest BCUT2D eigenvalue weighted by Crippen LogP contribution is -2.46. The van der Waals surface area contributed by atoms with Gasteiger partial charge in [0.15, 0.2) is 5.76 Å². The van der Waals surface area contributed by atoms with Gasteiger partial charge in [0.1, 0.15) is 12.4 Å². The van der Waals surface area contributed by atoms with Gasteiger partial charge in [-0.1, -0.05) is 13.8 Å². The summed E-state index contributed by atoms with van der Waals surface area (Å²) in [6, 6.07) is 3.75. The average Bonchev–Trinajstić information content (AvgIpc) is 3.26. The number of carbonyl (C=O) groups is 1. The molecule has 1 atom stereocenters. The second kappa shape index (κ2) is 7.05. The third-order valence-corrected chi connectivity index (χ3v) is 5.02. The summed E-state index contributed by atoms with van der Waals surface area (Å²) >= 11 is 0. The molecule has 0 bridgehead atoms. The van der Waals surface area contributed by atoms with Crippen molar-refractivity contribution in [3.63, 3.8) is 0 Å². The molecule has 1 aromatic heterocycles. The van der Waals surface area contributed by atoms with Gasteiger partial charge in [0.25, 0.3) is 5.91 Å². The molecule has 0 spiro atoms. The molecule has 0 aromatic carbocycles. The van der Waals surface area contributed by atoms with Crippen molar-refractivity contribution in [2.75, 3.05) is 26.2 Å². The quantitative estimate of drug-likeness (QED) is 0.905. The van der Waals surface area contributed by atoms with E-state index in [1.54, 1.807) is 12.1 Å². The molecular formula is C18H28N2O3. The van der Waals surface area contributed by atoms with Gasteiger partial charge in [-0.15, -0.1) is 0 Å². The lowest BCUT2D eigenvalue weighted by molar-refractivity contribution is 0.0669. The lowest BCUT2D eigenvalue weighted by Gasteiger charge is -2.34. The first-order chi connectivity index (χ1) is 11.1. The van der Waals surface area contributed by atoms with Crippen molar-refractivity contribution >= 4 is 5.91 Å². The van der Waals surface area contributed by atoms with Gasteiger partial charge in [0.05, 0.1) is 0 Å². The molecule has 1 aliphatic carbocycles. The maximum atomic E-state index is 12.7. The summed E-state index contributed by atoms with van der Waals surface area (Å²) in [5.74, 6) is 2.12. The van der Waals surface area contributed by atoms with E-state index in [-0.39, 0.29) is 12.5 Å². The van der Waals surface area contributed by atoms with Crippen molar-refractivity contribution in [3.05, 3.63) is 23.7 Å². The van der Waals surface area contributed by atoms with Gasteiger partial charge in [-0.3, -0.25) is 9.69 Å². The fourth-order valence-electron chi connectivity index (χ4n) is 3.47. The molecule has 23 heavy (non-hydrogen) atoms. The summed E-state index contributed by atoms with van der Waals surface area (Å²) in [6.07, 6.45) is 3.73. The molecule has 1 saturated carbocycles. The van der Waals surface area contributed by atoms with Gasteiger partial charge in [0, 0.05) is 32.2 Å². The molecular weight excluding hydrogens is 292 g/mol. The normalized spacial score (nSPS) is 23.3. The van der Waals surface area contributed by atoms with E-state index in [0.717, 1.165) is 32.0 Å². The highest BCUT2D eigenvalue weighted by Gasteiger charge is 2.34. The minimum atomic E-state index is -0.170. The summed E-state index contributed by atoms with van der Waals surface area (Å²) < 4.78 is 5.43. The molecule has 1 unspecified atom stereocenters. The zero-order chi connectivity index (χ0) is 16.4. The number of amides is 1. The van der Waals surface area contributed by atoms with E-state index in [1.165, 1.54) is 19.4 Å². The summed E-state index contributed by atoms with van der Waals surface area (Å²) in [4.78, 5) is 17.2. The van der Waals surface area contributed by atoms with Crippen LogP contribution in [0.1, 0.15) is 49.4 Å². The van der Waals surface area contributed by atoms with Gasteiger partial charge in [-0.2, -0.15) is 0 Å². The Labute approximate surface area is 138 Å². The molecule has 1 saturated heterocycles. The average molecular weight is 320 g/mol. The standard InChI is InChI=1S/C18H28N2O3/c1-13(2)16-11-20(9-3-8-19(16)10-14-4-5-14)18(22)17-7-6-15(12-21)23-17/h6-7,13-14,16,21H,3-5,8-12H2,1-2H3. The largest absolute Gasteiger partial charge is 0.453 e. The van der Waals surface area contributed by atoms with Crippen LogP contribution in [-0.2, 0) is 6.61 Å². The number of furan rings is 1. The van der Waals surface area contributed by atoms with Gasteiger partial charge < -0.3 is 14.4 Å². The molecule has 1 amide bonds. The van der Waals surface area contributed by atoms with E-state index >= 15 is 0 Å². The fourth-order valence-corrected chi connectivity index (χ4v) is 3.47. The monoisotopic (exact) mass is 320 g/mol. The number of nitrogens with zero attached hydrogens (tertiary/aromatic N) is 2. The van der Waals surface area contributed by atoms with Crippen LogP contribution in [0.3, 0.4) is 0 Å². The topological polar surface area (TPSA) is 56.9 Å². The number of aliphatic hydroxyl groups excluding tert-OH is 1. The summed E-state index contributed by atoms with van der Waals surface area (Å²) in [7, 11) is 0. The predicted octanol–water partition coefficient (Wildman–Crippen LogP) is 2.35. The Morgan fingerprint density at radius 1 is 1.35 bits per heavy atom. The summed E-state index contributed by atoms with van der Waals surface area (Å²) in [6.45, 7) is 8.11. The molecule has 1 aromatic rings. The van der Waals surface area contributed by atoms with Crippen molar-refractivity contribution in [1.29, 1.82) is 0 Å². The summed E-state index contributed by atoms with van der Waals surface area (Å²) in [5.41, 5.74) is 0. The molecule has 2 heterocycles. The number of hydrogen-bond donors (Lipinski definition) is 1.